The van der Waals surface area contributed by atoms with E-state index in [0.29, 0.717) is 11.3 Å². The zero-order valence-electron chi connectivity index (χ0n) is 20.5. The molecule has 4 atom stereocenters. The van der Waals surface area contributed by atoms with Crippen LogP contribution in [-0.4, -0.2) is 50.3 Å². The summed E-state index contributed by atoms with van der Waals surface area (Å²) in [5.74, 6) is -1.67. The fourth-order valence-electron chi connectivity index (χ4n) is 5.37. The van der Waals surface area contributed by atoms with E-state index in [1.165, 1.54) is 10.5 Å². The third-order valence-electron chi connectivity index (χ3n) is 7.22. The van der Waals surface area contributed by atoms with Crippen LogP contribution in [0.3, 0.4) is 0 Å². The summed E-state index contributed by atoms with van der Waals surface area (Å²) in [7, 11) is 1.99. The Morgan fingerprint density at radius 2 is 1.92 bits per heavy atom. The average Bonchev–Trinajstić information content (AvgIpc) is 3.36. The van der Waals surface area contributed by atoms with Crippen molar-refractivity contribution < 1.29 is 29.1 Å². The number of aliphatic carboxylic acids is 1. The van der Waals surface area contributed by atoms with Gasteiger partial charge in [-0.3, -0.25) is 4.79 Å². The van der Waals surface area contributed by atoms with E-state index in [2.05, 4.69) is 28.8 Å². The summed E-state index contributed by atoms with van der Waals surface area (Å²) in [6, 6.07) is 15.7. The molecule has 36 heavy (non-hydrogen) atoms. The molecule has 0 aliphatic carbocycles. The summed E-state index contributed by atoms with van der Waals surface area (Å²) in [5, 5.41) is 19.8. The molecule has 1 saturated heterocycles. The van der Waals surface area contributed by atoms with Gasteiger partial charge in [-0.15, -0.1) is 0 Å². The highest BCUT2D eigenvalue weighted by atomic mass is 16.5. The fraction of sp³-hybridized carbons (Fsp3) is 0.321. The monoisotopic (exact) mass is 488 g/mol. The van der Waals surface area contributed by atoms with Gasteiger partial charge in [-0.1, -0.05) is 43.3 Å². The van der Waals surface area contributed by atoms with E-state index in [1.54, 1.807) is 6.92 Å². The van der Waals surface area contributed by atoms with E-state index in [4.69, 9.17) is 4.74 Å². The topological polar surface area (TPSA) is 95.9 Å². The van der Waals surface area contributed by atoms with Crippen LogP contribution in [0.4, 0.5) is 0 Å². The molecule has 8 heteroatoms. The predicted octanol–water partition coefficient (Wildman–Crippen LogP) is 2.60. The number of carboxylic acids is 1. The molecule has 2 aromatic carbocycles. The number of carbonyl (C=O) groups excluding carboxylic acids is 1. The van der Waals surface area contributed by atoms with Crippen LogP contribution in [0.15, 0.2) is 78.5 Å². The van der Waals surface area contributed by atoms with Gasteiger partial charge < -0.3 is 19.8 Å². The Hall–Kier alpha value is -3.91. The lowest BCUT2D eigenvalue weighted by Gasteiger charge is -2.46. The van der Waals surface area contributed by atoms with Crippen LogP contribution < -0.4 is 9.30 Å². The third kappa shape index (κ3) is 4.18. The minimum atomic E-state index is -1.15. The van der Waals surface area contributed by atoms with E-state index >= 15 is 0 Å². The molecule has 8 nitrogen and oxygen atoms in total. The number of β-lactam (4-membered cyclic amide) rings is 1. The Balaban J connectivity index is 1.30. The van der Waals surface area contributed by atoms with Gasteiger partial charge in [0.1, 0.15) is 37.0 Å². The summed E-state index contributed by atoms with van der Waals surface area (Å²) in [6.07, 6.45) is 5.25. The average molecular weight is 489 g/mol. The minimum Gasteiger partial charge on any atom is -0.489 e. The van der Waals surface area contributed by atoms with Gasteiger partial charge in [0.25, 0.3) is 0 Å². The molecule has 3 unspecified atom stereocenters. The molecule has 0 radical (unpaired) electrons. The first-order valence-corrected chi connectivity index (χ1v) is 12.0. The number of aliphatic hydroxyl groups is 1. The van der Waals surface area contributed by atoms with Crippen molar-refractivity contribution in [2.24, 2.45) is 18.9 Å². The van der Waals surface area contributed by atoms with Crippen LogP contribution in [0.1, 0.15) is 19.4 Å². The highest BCUT2D eigenvalue weighted by Crippen LogP contribution is 2.47. The molecule has 0 saturated carbocycles. The SMILES string of the molecule is CC(O)C1C(=O)N2C(C(=O)O)=C(COc3cccc(-c4ccc(Cn5cc[n+](C)c5)cc4)c3)[C@H](C)C12. The second-order valence-corrected chi connectivity index (χ2v) is 9.70. The number of carboxylic acid groups (broad SMARTS) is 1. The molecule has 3 aromatic rings. The van der Waals surface area contributed by atoms with Gasteiger partial charge in [-0.25, -0.2) is 13.9 Å². The van der Waals surface area contributed by atoms with Gasteiger partial charge in [0.2, 0.25) is 12.2 Å². The Kier molecular flexibility index (Phi) is 6.14. The molecule has 2 N–H and O–H groups in total. The van der Waals surface area contributed by atoms with E-state index < -0.39 is 18.0 Å². The molecule has 0 bridgehead atoms. The van der Waals surface area contributed by atoms with Crippen LogP contribution in [0.2, 0.25) is 0 Å². The zero-order chi connectivity index (χ0) is 25.6. The maximum absolute atomic E-state index is 12.5. The van der Waals surface area contributed by atoms with E-state index in [0.717, 1.165) is 17.7 Å². The molecule has 2 aliphatic rings. The highest BCUT2D eigenvalue weighted by Gasteiger charge is 2.59. The number of amides is 1. The third-order valence-corrected chi connectivity index (χ3v) is 7.22. The van der Waals surface area contributed by atoms with Crippen LogP contribution in [0.5, 0.6) is 5.75 Å². The molecule has 1 amide bonds. The molecule has 3 heterocycles. The fourth-order valence-corrected chi connectivity index (χ4v) is 5.37. The van der Waals surface area contributed by atoms with Gasteiger partial charge in [-0.05, 0) is 35.7 Å². The van der Waals surface area contributed by atoms with Gasteiger partial charge in [0, 0.05) is 11.5 Å². The molecular weight excluding hydrogens is 458 g/mol. The number of hydrogen-bond acceptors (Lipinski definition) is 4. The number of carbonyl (C=O) groups is 2. The van der Waals surface area contributed by atoms with E-state index in [9.17, 15) is 19.8 Å². The van der Waals surface area contributed by atoms with E-state index in [-0.39, 0.29) is 30.2 Å². The molecule has 5 rings (SSSR count). The van der Waals surface area contributed by atoms with Gasteiger partial charge in [-0.2, -0.15) is 0 Å². The Labute approximate surface area is 209 Å². The first kappa shape index (κ1) is 23.8. The Morgan fingerprint density at radius 3 is 2.56 bits per heavy atom. The number of imidazole rings is 1. The molecule has 1 aromatic heterocycles. The van der Waals surface area contributed by atoms with Crippen LogP contribution in [0.25, 0.3) is 11.1 Å². The van der Waals surface area contributed by atoms with Crippen molar-refractivity contribution in [1.29, 1.82) is 0 Å². The number of rotatable bonds is 8. The highest BCUT2D eigenvalue weighted by molar-refractivity contribution is 6.00. The van der Waals surface area contributed by atoms with Crippen molar-refractivity contribution in [3.05, 3.63) is 84.1 Å². The van der Waals surface area contributed by atoms with Crippen molar-refractivity contribution in [2.75, 3.05) is 6.61 Å². The van der Waals surface area contributed by atoms with Crippen LogP contribution >= 0.6 is 0 Å². The summed E-state index contributed by atoms with van der Waals surface area (Å²) in [4.78, 5) is 25.8. The second-order valence-electron chi connectivity index (χ2n) is 9.70. The lowest BCUT2D eigenvalue weighted by Crippen LogP contribution is -2.63. The largest absolute Gasteiger partial charge is 0.489 e. The molecule has 1 fully saturated rings. The zero-order valence-corrected chi connectivity index (χ0v) is 20.5. The number of hydrogen-bond donors (Lipinski definition) is 2. The summed E-state index contributed by atoms with van der Waals surface area (Å²) >= 11 is 0. The lowest BCUT2D eigenvalue weighted by molar-refractivity contribution is -0.671. The first-order valence-electron chi connectivity index (χ1n) is 12.0. The molecule has 0 spiro atoms. The summed E-state index contributed by atoms with van der Waals surface area (Å²) in [5.41, 5.74) is 3.79. The number of aryl methyl sites for hydroxylation is 1. The molecular formula is C28H30N3O5+. The Bertz CT molecular complexity index is 1340. The quantitative estimate of drug-likeness (QED) is 0.375. The van der Waals surface area contributed by atoms with Crippen molar-refractivity contribution in [3.63, 3.8) is 0 Å². The van der Waals surface area contributed by atoms with Gasteiger partial charge >= 0.3 is 5.97 Å². The number of nitrogens with zero attached hydrogens (tertiary/aromatic N) is 3. The normalized spacial score (nSPS) is 21.8. The van der Waals surface area contributed by atoms with Crippen LogP contribution in [-0.2, 0) is 23.2 Å². The maximum atomic E-state index is 12.5. The Morgan fingerprint density at radius 1 is 1.17 bits per heavy atom. The standard InChI is InChI=1S/C28H29N3O5/c1-17-23(26(28(34)35)31-25(17)24(18(2)32)27(31)33)15-36-22-6-4-5-21(13-22)20-9-7-19(8-10-20)14-30-12-11-29(3)16-30/h4-13,16-18,24-25,32H,14-15H2,1-3H3/p+1/t17-,18?,24?,25?/m0/s1. The summed E-state index contributed by atoms with van der Waals surface area (Å²) < 4.78 is 10.2. The van der Waals surface area contributed by atoms with E-state index in [1.807, 2.05) is 61.5 Å². The van der Waals surface area contributed by atoms with Crippen molar-refractivity contribution >= 4 is 11.9 Å². The smallest absolute Gasteiger partial charge is 0.352 e. The van der Waals surface area contributed by atoms with Crippen LogP contribution in [0, 0.1) is 11.8 Å². The number of fused-ring (bicyclic) bond motifs is 1. The molecule has 186 valence electrons. The molecule has 2 aliphatic heterocycles. The van der Waals surface area contributed by atoms with Gasteiger partial charge in [0.05, 0.1) is 25.1 Å². The lowest BCUT2D eigenvalue weighted by atomic mass is 9.78. The summed E-state index contributed by atoms with van der Waals surface area (Å²) in [6.45, 7) is 4.31. The van der Waals surface area contributed by atoms with Gasteiger partial charge in [0.15, 0.2) is 0 Å². The second kappa shape index (κ2) is 9.28. The van der Waals surface area contributed by atoms with Crippen molar-refractivity contribution in [3.8, 4) is 16.9 Å². The number of aromatic nitrogens is 2. The number of ether oxygens (including phenoxy) is 1. The maximum Gasteiger partial charge on any atom is 0.352 e. The predicted molar refractivity (Wildman–Crippen MR) is 132 cm³/mol. The van der Waals surface area contributed by atoms with Crippen molar-refractivity contribution in [2.45, 2.75) is 32.5 Å². The number of aliphatic hydroxyl groups excluding tert-OH is 1. The first-order chi connectivity index (χ1) is 17.2. The number of benzene rings is 2. The van der Waals surface area contributed by atoms with Crippen molar-refractivity contribution in [1.82, 2.24) is 9.47 Å². The minimum absolute atomic E-state index is 0.0163.